The fourth-order valence-electron chi connectivity index (χ4n) is 6.00. The Balaban J connectivity index is 0.00000336. The number of nitrogens with two attached hydrogens (primary N) is 1. The first-order chi connectivity index (χ1) is 24.7. The number of piperazine rings is 1. The number of methoxy groups -OCH3 is 1. The van der Waals surface area contributed by atoms with E-state index in [-0.39, 0.29) is 60.3 Å². The number of carbonyl (C=O) groups excluding carboxylic acids is 3. The van der Waals surface area contributed by atoms with Crippen molar-refractivity contribution in [2.45, 2.75) is 39.0 Å². The van der Waals surface area contributed by atoms with Crippen molar-refractivity contribution in [2.75, 3.05) is 82.6 Å². The molecule has 3 amide bonds. The van der Waals surface area contributed by atoms with Crippen LogP contribution in [0.5, 0.6) is 11.5 Å². The Morgan fingerprint density at radius 2 is 1.70 bits per heavy atom. The zero-order valence-electron chi connectivity index (χ0n) is 31.3. The molecule has 296 valence electrons. The molecule has 0 spiro atoms. The molecule has 54 heavy (non-hydrogen) atoms. The molecule has 0 radical (unpaired) electrons. The van der Waals surface area contributed by atoms with Crippen LogP contribution in [0.25, 0.3) is 11.0 Å². The lowest BCUT2D eigenvalue weighted by Crippen LogP contribution is -2.47. The topological polar surface area (TPSA) is 158 Å². The van der Waals surface area contributed by atoms with Gasteiger partial charge in [-0.3, -0.25) is 14.4 Å². The van der Waals surface area contributed by atoms with Crippen LogP contribution in [0, 0.1) is 6.92 Å². The van der Waals surface area contributed by atoms with Gasteiger partial charge in [-0.2, -0.15) is 0 Å². The summed E-state index contributed by atoms with van der Waals surface area (Å²) >= 11 is 0. The Bertz CT molecular complexity index is 1830. The first-order valence-electron chi connectivity index (χ1n) is 17.6. The number of unbranched alkanes of at least 4 members (excludes halogenated alkanes) is 2. The van der Waals surface area contributed by atoms with E-state index in [4.69, 9.17) is 15.2 Å². The smallest absolute Gasteiger partial charge is 0.259 e. The van der Waals surface area contributed by atoms with Gasteiger partial charge in [0.05, 0.1) is 36.2 Å². The molecule has 2 heterocycles. The van der Waals surface area contributed by atoms with Crippen molar-refractivity contribution in [1.29, 1.82) is 0 Å². The van der Waals surface area contributed by atoms with E-state index in [1.54, 1.807) is 31.3 Å². The lowest BCUT2D eigenvalue weighted by molar-refractivity contribution is -0.132. The molecule has 13 nitrogen and oxygen atoms in total. The second-order valence-electron chi connectivity index (χ2n) is 12.9. The van der Waals surface area contributed by atoms with Crippen LogP contribution in [0.15, 0.2) is 54.6 Å². The number of hydrogen-bond acceptors (Lipinski definition) is 9. The largest absolute Gasteiger partial charge is 0.496 e. The van der Waals surface area contributed by atoms with E-state index in [1.807, 2.05) is 42.2 Å². The van der Waals surface area contributed by atoms with Gasteiger partial charge in [0.1, 0.15) is 17.0 Å². The monoisotopic (exact) mass is 806 g/mol. The molecule has 0 atom stereocenters. The van der Waals surface area contributed by atoms with Crippen LogP contribution in [-0.2, 0) is 4.79 Å². The Hall–Kier alpha value is -4.27. The number of anilines is 3. The highest BCUT2D eigenvalue weighted by Gasteiger charge is 2.22. The van der Waals surface area contributed by atoms with E-state index < -0.39 is 5.91 Å². The molecular weight excluding hydrogens is 755 g/mol. The quantitative estimate of drug-likeness (QED) is 0.0976. The lowest BCUT2D eigenvalue weighted by atomic mass is 10.1. The maximum Gasteiger partial charge on any atom is 0.259 e. The predicted octanol–water partition coefficient (Wildman–Crippen LogP) is 6.15. The summed E-state index contributed by atoms with van der Waals surface area (Å²) in [5.41, 5.74) is 9.77. The number of imidazole rings is 1. The number of aromatic nitrogens is 2. The lowest BCUT2D eigenvalue weighted by Gasteiger charge is -2.32. The molecular formula is C38H53Cl3N8O5. The van der Waals surface area contributed by atoms with E-state index in [0.717, 1.165) is 62.9 Å². The maximum absolute atomic E-state index is 13.7. The summed E-state index contributed by atoms with van der Waals surface area (Å²) in [5, 5.41) is 6.14. The van der Waals surface area contributed by atoms with Crippen LogP contribution in [0.2, 0.25) is 0 Å². The van der Waals surface area contributed by atoms with Crippen molar-refractivity contribution >= 4 is 83.3 Å². The molecule has 4 aromatic rings. The number of hydrogen-bond donors (Lipinski definition) is 4. The molecule has 1 aliphatic rings. The SMILES string of the molecule is COc1cc(C(=O)N(C)c2ccc(C)cc2OCCCCCC(=O)N2CCN(C)CC2)ccc1C(=O)Nc1cccc2[nH]c(NCCCN)nc12.Cl.Cl.Cl. The van der Waals surface area contributed by atoms with Gasteiger partial charge < -0.3 is 45.5 Å². The number of benzene rings is 3. The van der Waals surface area contributed by atoms with Crippen LogP contribution in [0.4, 0.5) is 17.3 Å². The van der Waals surface area contributed by atoms with Crippen molar-refractivity contribution in [3.8, 4) is 11.5 Å². The molecule has 1 aromatic heterocycles. The fraction of sp³-hybridized carbons (Fsp3) is 0.421. The molecule has 1 saturated heterocycles. The molecule has 5 rings (SSSR count). The zero-order chi connectivity index (χ0) is 36.3. The summed E-state index contributed by atoms with van der Waals surface area (Å²) < 4.78 is 11.8. The summed E-state index contributed by atoms with van der Waals surface area (Å²) in [6.07, 6.45) is 3.84. The molecule has 5 N–H and O–H groups in total. The number of carbonyl (C=O) groups is 3. The van der Waals surface area contributed by atoms with Crippen LogP contribution >= 0.6 is 37.2 Å². The van der Waals surface area contributed by atoms with E-state index >= 15 is 0 Å². The number of nitrogens with zero attached hydrogens (tertiary/aromatic N) is 4. The number of fused-ring (bicyclic) bond motifs is 1. The Kier molecular flexibility index (Phi) is 18.9. The van der Waals surface area contributed by atoms with E-state index in [2.05, 4.69) is 32.5 Å². The number of ether oxygens (including phenoxy) is 2. The van der Waals surface area contributed by atoms with E-state index in [1.165, 1.54) is 12.0 Å². The molecule has 1 aliphatic heterocycles. The van der Waals surface area contributed by atoms with E-state index in [0.29, 0.717) is 60.3 Å². The molecule has 3 aromatic carbocycles. The van der Waals surface area contributed by atoms with Crippen molar-refractivity contribution in [3.05, 3.63) is 71.3 Å². The van der Waals surface area contributed by atoms with Gasteiger partial charge in [-0.05, 0) is 94.2 Å². The van der Waals surface area contributed by atoms with Gasteiger partial charge in [-0.25, -0.2) is 4.98 Å². The van der Waals surface area contributed by atoms with Crippen molar-refractivity contribution in [2.24, 2.45) is 5.73 Å². The summed E-state index contributed by atoms with van der Waals surface area (Å²) in [5.74, 6) is 1.00. The number of halogens is 3. The van der Waals surface area contributed by atoms with Gasteiger partial charge in [0.2, 0.25) is 11.9 Å². The van der Waals surface area contributed by atoms with Crippen molar-refractivity contribution < 1.29 is 23.9 Å². The Morgan fingerprint density at radius 1 is 0.944 bits per heavy atom. The summed E-state index contributed by atoms with van der Waals surface area (Å²) in [6, 6.07) is 16.0. The average Bonchev–Trinajstić information content (AvgIpc) is 3.56. The molecule has 0 bridgehead atoms. The zero-order valence-corrected chi connectivity index (χ0v) is 33.8. The Labute approximate surface area is 335 Å². The minimum Gasteiger partial charge on any atom is -0.496 e. The third-order valence-corrected chi connectivity index (χ3v) is 9.06. The highest BCUT2D eigenvalue weighted by Crippen LogP contribution is 2.32. The summed E-state index contributed by atoms with van der Waals surface area (Å²) in [7, 11) is 5.24. The molecule has 1 fully saturated rings. The van der Waals surface area contributed by atoms with Gasteiger partial charge in [0.25, 0.3) is 11.8 Å². The third kappa shape index (κ3) is 11.9. The van der Waals surface area contributed by atoms with Gasteiger partial charge in [0.15, 0.2) is 0 Å². The Morgan fingerprint density at radius 3 is 2.43 bits per heavy atom. The van der Waals surface area contributed by atoms with E-state index in [9.17, 15) is 14.4 Å². The number of amides is 3. The second-order valence-corrected chi connectivity index (χ2v) is 12.9. The van der Waals surface area contributed by atoms with Gasteiger partial charge in [0, 0.05) is 51.8 Å². The van der Waals surface area contributed by atoms with Crippen LogP contribution in [0.1, 0.15) is 58.4 Å². The van der Waals surface area contributed by atoms with Gasteiger partial charge in [-0.15, -0.1) is 37.2 Å². The predicted molar refractivity (Wildman–Crippen MR) is 223 cm³/mol. The molecule has 16 heteroatoms. The number of aromatic amines is 1. The summed E-state index contributed by atoms with van der Waals surface area (Å²) in [6.45, 7) is 7.13. The number of nitrogens with one attached hydrogen (secondary N) is 3. The number of aryl methyl sites for hydroxylation is 1. The van der Waals surface area contributed by atoms with Crippen LogP contribution in [-0.4, -0.2) is 105 Å². The normalized spacial score (nSPS) is 12.5. The first-order valence-corrected chi connectivity index (χ1v) is 17.6. The van der Waals surface area contributed by atoms with Crippen LogP contribution < -0.4 is 30.7 Å². The highest BCUT2D eigenvalue weighted by atomic mass is 35.5. The minimum atomic E-state index is -0.398. The number of para-hydroxylation sites is 1. The van der Waals surface area contributed by atoms with Crippen LogP contribution in [0.3, 0.4) is 0 Å². The summed E-state index contributed by atoms with van der Waals surface area (Å²) in [4.78, 5) is 53.3. The second kappa shape index (κ2) is 22.2. The van der Waals surface area contributed by atoms with Crippen molar-refractivity contribution in [1.82, 2.24) is 19.8 Å². The van der Waals surface area contributed by atoms with Crippen molar-refractivity contribution in [3.63, 3.8) is 0 Å². The number of H-pyrrole nitrogens is 1. The standard InChI is InChI=1S/C38H50N8O5.3ClH/c1-26-13-16-31(33(24-26)51-23-7-5-6-12-34(47)46-21-19-44(2)20-22-46)45(3)37(49)27-14-15-28(32(25-27)50-4)36(48)41-29-10-8-11-30-35(29)43-38(42-30)40-18-9-17-39;;;/h8,10-11,13-16,24-25H,5-7,9,12,17-23,39H2,1-4H3,(H,41,48)(H2,40,42,43);3*1H. The first kappa shape index (κ1) is 45.9. The minimum absolute atomic E-state index is 0. The maximum atomic E-state index is 13.7. The number of rotatable bonds is 16. The van der Waals surface area contributed by atoms with Gasteiger partial charge >= 0.3 is 0 Å². The highest BCUT2D eigenvalue weighted by molar-refractivity contribution is 6.11. The third-order valence-electron chi connectivity index (χ3n) is 9.06. The number of likely N-dealkylation sites (N-methyl/N-ethyl adjacent to an activating group) is 1. The fourth-order valence-corrected chi connectivity index (χ4v) is 6.00. The molecule has 0 unspecified atom stereocenters. The molecule has 0 saturated carbocycles. The average molecular weight is 808 g/mol. The molecule has 0 aliphatic carbocycles. The van der Waals surface area contributed by atoms with Gasteiger partial charge in [-0.1, -0.05) is 12.1 Å².